The van der Waals surface area contributed by atoms with E-state index >= 15 is 0 Å². The molecule has 0 aliphatic carbocycles. The molecule has 0 amide bonds. The van der Waals surface area contributed by atoms with Crippen LogP contribution in [-0.4, -0.2) is 10.2 Å². The maximum Gasteiger partial charge on any atom is 0.322 e. The molecule has 0 radical (unpaired) electrons. The topological polar surface area (TPSA) is 71.8 Å². The Morgan fingerprint density at radius 3 is 2.43 bits per heavy atom. The summed E-state index contributed by atoms with van der Waals surface area (Å²) in [4.78, 5) is 10.7. The Labute approximate surface area is 90.2 Å². The number of hydrogen-bond donors (Lipinski definition) is 2. The molecule has 1 aromatic carbocycles. The number of rotatable bonds is 1. The van der Waals surface area contributed by atoms with Crippen LogP contribution in [0.1, 0.15) is 0 Å². The molecule has 0 atom stereocenters. The molecule has 6 heteroatoms. The minimum absolute atomic E-state index is 0. The Kier molecular flexibility index (Phi) is 3.27. The van der Waals surface area contributed by atoms with E-state index in [0.717, 1.165) is 16.9 Å². The van der Waals surface area contributed by atoms with E-state index in [1.165, 1.54) is 0 Å². The number of nitrogen functional groups attached to an aromatic ring is 1. The van der Waals surface area contributed by atoms with Gasteiger partial charge in [-0.2, -0.15) is 5.10 Å². The van der Waals surface area contributed by atoms with E-state index in [1.54, 1.807) is 12.1 Å². The van der Waals surface area contributed by atoms with Crippen molar-refractivity contribution in [2.75, 3.05) is 5.73 Å². The summed E-state index contributed by atoms with van der Waals surface area (Å²) in [5, 5.41) is 6.90. The first-order valence-electron chi connectivity index (χ1n) is 3.67. The van der Waals surface area contributed by atoms with Crippen molar-refractivity contribution in [3.63, 3.8) is 0 Å². The molecule has 4 nitrogen and oxygen atoms in total. The first kappa shape index (κ1) is 10.7. The van der Waals surface area contributed by atoms with E-state index in [2.05, 4.69) is 10.2 Å². The van der Waals surface area contributed by atoms with E-state index in [4.69, 9.17) is 5.73 Å². The zero-order valence-electron chi connectivity index (χ0n) is 7.06. The number of aromatic nitrogens is 2. The Morgan fingerprint density at radius 1 is 1.29 bits per heavy atom. The maximum absolute atomic E-state index is 10.8. The number of nitrogens with two attached hydrogens (primary N) is 1. The van der Waals surface area contributed by atoms with Crippen LogP contribution in [0.2, 0.25) is 0 Å². The molecule has 0 aliphatic heterocycles. The molecule has 0 saturated heterocycles. The van der Waals surface area contributed by atoms with Crippen molar-refractivity contribution in [1.29, 1.82) is 0 Å². The highest BCUT2D eigenvalue weighted by Crippen LogP contribution is 2.19. The molecule has 0 spiro atoms. The van der Waals surface area contributed by atoms with Crippen molar-refractivity contribution in [3.05, 3.63) is 33.9 Å². The van der Waals surface area contributed by atoms with Gasteiger partial charge in [-0.05, 0) is 24.3 Å². The monoisotopic (exact) mass is 229 g/mol. The summed E-state index contributed by atoms with van der Waals surface area (Å²) in [6.07, 6.45) is 0. The predicted octanol–water partition coefficient (Wildman–Crippen LogP) is 1.50. The summed E-state index contributed by atoms with van der Waals surface area (Å²) in [6.45, 7) is 0. The van der Waals surface area contributed by atoms with Crippen LogP contribution in [-0.2, 0) is 0 Å². The molecule has 1 heterocycles. The first-order valence-corrected chi connectivity index (χ1v) is 4.49. The van der Waals surface area contributed by atoms with Gasteiger partial charge in [0.25, 0.3) is 0 Å². The van der Waals surface area contributed by atoms with Crippen molar-refractivity contribution >= 4 is 29.4 Å². The van der Waals surface area contributed by atoms with E-state index in [-0.39, 0.29) is 17.3 Å². The van der Waals surface area contributed by atoms with E-state index < -0.39 is 0 Å². The molecule has 0 fully saturated rings. The molecule has 2 aromatic rings. The smallest absolute Gasteiger partial charge is 0.322 e. The lowest BCUT2D eigenvalue weighted by molar-refractivity contribution is 1.06. The van der Waals surface area contributed by atoms with Gasteiger partial charge in [-0.25, -0.2) is 5.10 Å². The highest BCUT2D eigenvalue weighted by atomic mass is 35.5. The van der Waals surface area contributed by atoms with Gasteiger partial charge >= 0.3 is 4.87 Å². The van der Waals surface area contributed by atoms with Gasteiger partial charge in [0.05, 0.1) is 0 Å². The number of nitrogens with one attached hydrogen (secondary N) is 1. The normalized spacial score (nSPS) is 9.43. The van der Waals surface area contributed by atoms with Gasteiger partial charge in [0.2, 0.25) is 0 Å². The predicted molar refractivity (Wildman–Crippen MR) is 59.8 cm³/mol. The molecule has 74 valence electrons. The average Bonchev–Trinajstić information content (AvgIpc) is 2.53. The minimum Gasteiger partial charge on any atom is -0.399 e. The van der Waals surface area contributed by atoms with E-state index in [0.29, 0.717) is 10.7 Å². The van der Waals surface area contributed by atoms with Crippen molar-refractivity contribution in [2.24, 2.45) is 0 Å². The number of aromatic amines is 1. The van der Waals surface area contributed by atoms with Crippen LogP contribution >= 0.6 is 23.7 Å². The van der Waals surface area contributed by atoms with Crippen LogP contribution in [0.4, 0.5) is 5.69 Å². The second-order valence-corrected chi connectivity index (χ2v) is 3.50. The molecule has 2 rings (SSSR count). The zero-order chi connectivity index (χ0) is 9.26. The highest BCUT2D eigenvalue weighted by Gasteiger charge is 2.01. The molecular formula is C8H8ClN3OS. The summed E-state index contributed by atoms with van der Waals surface area (Å²) >= 11 is 1.08. The van der Waals surface area contributed by atoms with Crippen molar-refractivity contribution in [3.8, 4) is 10.6 Å². The Balaban J connectivity index is 0.000000980. The SMILES string of the molecule is Cl.Nc1ccc(-c2n[nH]c(=O)s2)cc1. The van der Waals surface area contributed by atoms with Gasteiger partial charge in [-0.3, -0.25) is 4.79 Å². The lowest BCUT2D eigenvalue weighted by Crippen LogP contribution is -1.90. The maximum atomic E-state index is 10.8. The van der Waals surface area contributed by atoms with E-state index in [9.17, 15) is 4.79 Å². The van der Waals surface area contributed by atoms with Crippen LogP contribution in [0.15, 0.2) is 29.1 Å². The molecule has 0 aliphatic rings. The number of anilines is 1. The van der Waals surface area contributed by atoms with E-state index in [1.807, 2.05) is 12.1 Å². The summed E-state index contributed by atoms with van der Waals surface area (Å²) < 4.78 is 0. The number of H-pyrrole nitrogens is 1. The van der Waals surface area contributed by atoms with Crippen LogP contribution in [0.25, 0.3) is 10.6 Å². The average molecular weight is 230 g/mol. The molecule has 0 saturated carbocycles. The number of nitrogens with zero attached hydrogens (tertiary/aromatic N) is 1. The van der Waals surface area contributed by atoms with Gasteiger partial charge in [-0.1, -0.05) is 11.3 Å². The fourth-order valence-corrected chi connectivity index (χ4v) is 1.59. The standard InChI is InChI=1S/C8H7N3OS.ClH/c9-6-3-1-5(2-4-6)7-10-11-8(12)13-7;/h1-4H,9H2,(H,11,12);1H. The molecule has 0 bridgehead atoms. The van der Waals surface area contributed by atoms with Gasteiger partial charge in [0, 0.05) is 11.3 Å². The van der Waals surface area contributed by atoms with Crippen LogP contribution < -0.4 is 10.6 Å². The molecule has 14 heavy (non-hydrogen) atoms. The highest BCUT2D eigenvalue weighted by molar-refractivity contribution is 7.12. The number of halogens is 1. The first-order chi connectivity index (χ1) is 6.25. The van der Waals surface area contributed by atoms with Crippen molar-refractivity contribution < 1.29 is 0 Å². The third-order valence-corrected chi connectivity index (χ3v) is 2.39. The molecule has 3 N–H and O–H groups in total. The quantitative estimate of drug-likeness (QED) is 0.728. The third-order valence-electron chi connectivity index (χ3n) is 1.60. The third kappa shape index (κ3) is 2.12. The van der Waals surface area contributed by atoms with Crippen LogP contribution in [0.3, 0.4) is 0 Å². The Morgan fingerprint density at radius 2 is 1.93 bits per heavy atom. The van der Waals surface area contributed by atoms with Gasteiger partial charge in [-0.15, -0.1) is 12.4 Å². The van der Waals surface area contributed by atoms with Crippen molar-refractivity contribution in [2.45, 2.75) is 0 Å². The lowest BCUT2D eigenvalue weighted by Gasteiger charge is -1.94. The van der Waals surface area contributed by atoms with Gasteiger partial charge in [0.15, 0.2) is 0 Å². The number of benzene rings is 1. The van der Waals surface area contributed by atoms with Gasteiger partial charge < -0.3 is 5.73 Å². The fourth-order valence-electron chi connectivity index (χ4n) is 0.979. The zero-order valence-corrected chi connectivity index (χ0v) is 8.69. The second-order valence-electron chi connectivity index (χ2n) is 2.54. The van der Waals surface area contributed by atoms with Crippen LogP contribution in [0.5, 0.6) is 0 Å². The summed E-state index contributed by atoms with van der Waals surface area (Å²) in [5.41, 5.74) is 7.12. The Hall–Kier alpha value is -1.33. The number of hydrogen-bond acceptors (Lipinski definition) is 4. The minimum atomic E-state index is -0.146. The second kappa shape index (κ2) is 4.26. The lowest BCUT2D eigenvalue weighted by atomic mass is 10.2. The molecular weight excluding hydrogens is 222 g/mol. The summed E-state index contributed by atoms with van der Waals surface area (Å²) in [7, 11) is 0. The van der Waals surface area contributed by atoms with Gasteiger partial charge in [0.1, 0.15) is 5.01 Å². The Bertz CT molecular complexity index is 462. The largest absolute Gasteiger partial charge is 0.399 e. The summed E-state index contributed by atoms with van der Waals surface area (Å²) in [6, 6.07) is 7.23. The van der Waals surface area contributed by atoms with Crippen LogP contribution in [0, 0.1) is 0 Å². The van der Waals surface area contributed by atoms with Crippen molar-refractivity contribution in [1.82, 2.24) is 10.2 Å². The molecule has 0 unspecified atom stereocenters. The summed E-state index contributed by atoms with van der Waals surface area (Å²) in [5.74, 6) is 0. The fraction of sp³-hybridized carbons (Fsp3) is 0. The molecule has 1 aromatic heterocycles.